The maximum Gasteiger partial charge on any atom is 0.360 e. The Morgan fingerprint density at radius 1 is 1.18 bits per heavy atom. The Hall–Kier alpha value is -3.09. The Balaban J connectivity index is 2.44. The Labute approximate surface area is 125 Å². The van der Waals surface area contributed by atoms with Gasteiger partial charge in [0.2, 0.25) is 0 Å². The molecule has 0 aliphatic rings. The molecule has 0 atom stereocenters. The molecule has 22 heavy (non-hydrogen) atoms. The number of hydrogen-bond donors (Lipinski definition) is 1. The molecule has 0 saturated carbocycles. The molecular formula is C15H13NO6. The summed E-state index contributed by atoms with van der Waals surface area (Å²) in [6.07, 6.45) is 0.889. The summed E-state index contributed by atoms with van der Waals surface area (Å²) in [7, 11) is 2.32. The lowest BCUT2D eigenvalue weighted by Gasteiger charge is -2.08. The van der Waals surface area contributed by atoms with E-state index in [9.17, 15) is 14.4 Å². The second kappa shape index (κ2) is 6.57. The zero-order chi connectivity index (χ0) is 16.1. The minimum Gasteiger partial charge on any atom is -0.466 e. The van der Waals surface area contributed by atoms with E-state index in [1.54, 1.807) is 24.3 Å². The van der Waals surface area contributed by atoms with Crippen LogP contribution in [0.5, 0.6) is 0 Å². The molecule has 0 amide bonds. The molecular weight excluding hydrogens is 290 g/mol. The SMILES string of the molecule is COC(=O)/C=C(/Nc1cc2ccccc2oc1=O)C(=O)OC. The highest BCUT2D eigenvalue weighted by molar-refractivity contribution is 5.99. The summed E-state index contributed by atoms with van der Waals surface area (Å²) in [6.45, 7) is 0. The van der Waals surface area contributed by atoms with E-state index in [0.29, 0.717) is 11.0 Å². The molecule has 1 aromatic heterocycles. The number of benzene rings is 1. The third-order valence-electron chi connectivity index (χ3n) is 2.78. The smallest absolute Gasteiger partial charge is 0.360 e. The van der Waals surface area contributed by atoms with Crippen LogP contribution in [-0.4, -0.2) is 26.2 Å². The van der Waals surface area contributed by atoms with E-state index in [1.807, 2.05) is 0 Å². The summed E-state index contributed by atoms with van der Waals surface area (Å²) >= 11 is 0. The van der Waals surface area contributed by atoms with Crippen LogP contribution >= 0.6 is 0 Å². The molecule has 7 nitrogen and oxygen atoms in total. The summed E-state index contributed by atoms with van der Waals surface area (Å²) in [4.78, 5) is 34.8. The van der Waals surface area contributed by atoms with Gasteiger partial charge in [-0.05, 0) is 12.1 Å². The third-order valence-corrected chi connectivity index (χ3v) is 2.78. The molecule has 1 aromatic carbocycles. The number of nitrogens with one attached hydrogen (secondary N) is 1. The van der Waals surface area contributed by atoms with Crippen molar-refractivity contribution in [2.24, 2.45) is 0 Å². The molecule has 0 bridgehead atoms. The number of esters is 2. The van der Waals surface area contributed by atoms with Crippen LogP contribution in [0.2, 0.25) is 0 Å². The van der Waals surface area contributed by atoms with Crippen molar-refractivity contribution >= 4 is 28.6 Å². The Morgan fingerprint density at radius 2 is 1.91 bits per heavy atom. The minimum absolute atomic E-state index is 0.000692. The molecule has 2 aromatic rings. The highest BCUT2D eigenvalue weighted by atomic mass is 16.5. The maximum atomic E-state index is 11.9. The molecule has 0 aliphatic heterocycles. The average Bonchev–Trinajstić information content (AvgIpc) is 2.53. The van der Waals surface area contributed by atoms with Crippen molar-refractivity contribution in [2.75, 3.05) is 19.5 Å². The fraction of sp³-hybridized carbons (Fsp3) is 0.133. The highest BCUT2D eigenvalue weighted by Gasteiger charge is 2.15. The van der Waals surface area contributed by atoms with Gasteiger partial charge >= 0.3 is 17.6 Å². The van der Waals surface area contributed by atoms with Gasteiger partial charge in [-0.15, -0.1) is 0 Å². The molecule has 0 unspecified atom stereocenters. The van der Waals surface area contributed by atoms with E-state index >= 15 is 0 Å². The van der Waals surface area contributed by atoms with Gasteiger partial charge in [-0.2, -0.15) is 0 Å². The Kier molecular flexibility index (Phi) is 4.57. The van der Waals surface area contributed by atoms with Crippen LogP contribution in [0.3, 0.4) is 0 Å². The average molecular weight is 303 g/mol. The molecule has 0 spiro atoms. The largest absolute Gasteiger partial charge is 0.466 e. The van der Waals surface area contributed by atoms with Crippen LogP contribution in [0.15, 0.2) is 51.3 Å². The van der Waals surface area contributed by atoms with Crippen LogP contribution in [0.1, 0.15) is 0 Å². The van der Waals surface area contributed by atoms with Crippen LogP contribution in [0, 0.1) is 0 Å². The number of ether oxygens (including phenoxy) is 2. The topological polar surface area (TPSA) is 94.8 Å². The Morgan fingerprint density at radius 3 is 2.59 bits per heavy atom. The predicted molar refractivity (Wildman–Crippen MR) is 78.2 cm³/mol. The zero-order valence-corrected chi connectivity index (χ0v) is 11.9. The van der Waals surface area contributed by atoms with E-state index in [2.05, 4.69) is 14.8 Å². The number of para-hydroxylation sites is 1. The van der Waals surface area contributed by atoms with Gasteiger partial charge in [-0.3, -0.25) is 0 Å². The zero-order valence-electron chi connectivity index (χ0n) is 11.9. The quantitative estimate of drug-likeness (QED) is 0.518. The van der Waals surface area contributed by atoms with E-state index in [0.717, 1.165) is 20.3 Å². The summed E-state index contributed by atoms with van der Waals surface area (Å²) in [5.74, 6) is -1.59. The van der Waals surface area contributed by atoms with Gasteiger partial charge < -0.3 is 19.2 Å². The second-order valence-electron chi connectivity index (χ2n) is 4.18. The van der Waals surface area contributed by atoms with Crippen molar-refractivity contribution in [1.29, 1.82) is 0 Å². The number of carbonyl (C=O) groups excluding carboxylic acids is 2. The number of rotatable bonds is 4. The summed E-state index contributed by atoms with van der Waals surface area (Å²) < 4.78 is 14.1. The van der Waals surface area contributed by atoms with Crippen molar-refractivity contribution in [2.45, 2.75) is 0 Å². The number of hydrogen-bond acceptors (Lipinski definition) is 7. The molecule has 0 saturated heterocycles. The normalized spacial score (nSPS) is 11.1. The van der Waals surface area contributed by atoms with Crippen molar-refractivity contribution in [1.82, 2.24) is 0 Å². The highest BCUT2D eigenvalue weighted by Crippen LogP contribution is 2.16. The first-order valence-electron chi connectivity index (χ1n) is 6.23. The lowest BCUT2D eigenvalue weighted by Crippen LogP contribution is -2.19. The van der Waals surface area contributed by atoms with Gasteiger partial charge in [0.25, 0.3) is 0 Å². The second-order valence-corrected chi connectivity index (χ2v) is 4.18. The van der Waals surface area contributed by atoms with Gasteiger partial charge in [0.1, 0.15) is 17.0 Å². The molecule has 0 radical (unpaired) electrons. The number of fused-ring (bicyclic) bond motifs is 1. The predicted octanol–water partition coefficient (Wildman–Crippen LogP) is 1.43. The first-order chi connectivity index (χ1) is 10.5. The molecule has 1 heterocycles. The summed E-state index contributed by atoms with van der Waals surface area (Å²) in [5.41, 5.74) is -0.510. The van der Waals surface area contributed by atoms with Crippen LogP contribution in [-0.2, 0) is 19.1 Å². The monoisotopic (exact) mass is 303 g/mol. The van der Waals surface area contributed by atoms with E-state index in [4.69, 9.17) is 4.42 Å². The number of anilines is 1. The van der Waals surface area contributed by atoms with Crippen LogP contribution in [0.4, 0.5) is 5.69 Å². The van der Waals surface area contributed by atoms with E-state index in [1.165, 1.54) is 6.07 Å². The third kappa shape index (κ3) is 3.32. The maximum absolute atomic E-state index is 11.9. The van der Waals surface area contributed by atoms with Gasteiger partial charge in [0, 0.05) is 5.39 Å². The van der Waals surface area contributed by atoms with Crippen LogP contribution < -0.4 is 10.9 Å². The first-order valence-corrected chi connectivity index (χ1v) is 6.23. The number of methoxy groups -OCH3 is 2. The lowest BCUT2D eigenvalue weighted by molar-refractivity contribution is -0.138. The molecule has 1 N–H and O–H groups in total. The van der Waals surface area contributed by atoms with Crippen LogP contribution in [0.25, 0.3) is 11.0 Å². The van der Waals surface area contributed by atoms with Gasteiger partial charge in [-0.25, -0.2) is 14.4 Å². The van der Waals surface area contributed by atoms with Gasteiger partial charge in [0.05, 0.1) is 20.3 Å². The number of carbonyl (C=O) groups is 2. The summed E-state index contributed by atoms with van der Waals surface area (Å²) in [6, 6.07) is 8.40. The van der Waals surface area contributed by atoms with Crippen molar-refractivity contribution in [3.63, 3.8) is 0 Å². The van der Waals surface area contributed by atoms with Gasteiger partial charge in [0.15, 0.2) is 0 Å². The first kappa shape index (κ1) is 15.3. The fourth-order valence-corrected chi connectivity index (χ4v) is 1.73. The fourth-order valence-electron chi connectivity index (χ4n) is 1.73. The minimum atomic E-state index is -0.821. The molecule has 0 aliphatic carbocycles. The molecule has 7 heteroatoms. The molecule has 0 fully saturated rings. The van der Waals surface area contributed by atoms with Crippen molar-refractivity contribution < 1.29 is 23.5 Å². The standard InChI is InChI=1S/C15H13NO6/c1-20-13(17)8-11(14(18)21-2)16-10-7-9-5-3-4-6-12(9)22-15(10)19/h3-8,16H,1-2H3/b11-8+. The van der Waals surface area contributed by atoms with Crippen molar-refractivity contribution in [3.05, 3.63) is 52.5 Å². The van der Waals surface area contributed by atoms with Crippen molar-refractivity contribution in [3.8, 4) is 0 Å². The molecule has 114 valence electrons. The van der Waals surface area contributed by atoms with Gasteiger partial charge in [-0.1, -0.05) is 18.2 Å². The van der Waals surface area contributed by atoms with E-state index in [-0.39, 0.29) is 11.4 Å². The molecule has 2 rings (SSSR count). The van der Waals surface area contributed by atoms with E-state index < -0.39 is 17.6 Å². The lowest BCUT2D eigenvalue weighted by atomic mass is 10.2. The Bertz CT molecular complexity index is 805. The summed E-state index contributed by atoms with van der Waals surface area (Å²) in [5, 5.41) is 3.19.